The standard InChI is InChI=1S/C61H51BN2S2/c1-59(2,3)36-18-21-38(22-19-36)63-50-32-56-46(45-28-37(60(4,5)6)20-25-53(45)65-56)29-43(50)40-23-24-41-44-30-48-42(39-16-12-13-17-47(39)61(48,7)8)31-51(44)64-52-33-55-35(26-49(52)62-57(40)58(41)64)27-54(66-55)34-14-10-9-11-15-34/h9-33,62-63H,1-8H3. The molecule has 2 nitrogen and oxygen atoms in total. The van der Waals surface area contributed by atoms with Crippen LogP contribution in [0.15, 0.2) is 152 Å². The molecule has 66 heavy (non-hydrogen) atoms. The molecule has 0 saturated carbocycles. The largest absolute Gasteiger partial charge is 0.355 e. The van der Waals surface area contributed by atoms with E-state index < -0.39 is 0 Å². The van der Waals surface area contributed by atoms with Crippen LogP contribution in [0.2, 0.25) is 0 Å². The summed E-state index contributed by atoms with van der Waals surface area (Å²) in [5, 5.41) is 10.6. The van der Waals surface area contributed by atoms with E-state index in [2.05, 4.69) is 217 Å². The molecule has 320 valence electrons. The molecule has 0 unspecified atom stereocenters. The van der Waals surface area contributed by atoms with Crippen molar-refractivity contribution in [2.24, 2.45) is 0 Å². The third kappa shape index (κ3) is 5.92. The summed E-state index contributed by atoms with van der Waals surface area (Å²) in [5.41, 5.74) is 20.9. The first-order valence-corrected chi connectivity index (χ1v) is 25.1. The van der Waals surface area contributed by atoms with Gasteiger partial charge < -0.3 is 9.88 Å². The molecular weight excluding hydrogens is 836 g/mol. The Morgan fingerprint density at radius 3 is 2.06 bits per heavy atom. The molecule has 0 fully saturated rings. The Bertz CT molecular complexity index is 3850. The van der Waals surface area contributed by atoms with Gasteiger partial charge in [0.1, 0.15) is 0 Å². The summed E-state index contributed by atoms with van der Waals surface area (Å²) < 4.78 is 6.59. The number of anilines is 2. The van der Waals surface area contributed by atoms with Crippen LogP contribution in [0.5, 0.6) is 0 Å². The molecule has 8 aromatic carbocycles. The van der Waals surface area contributed by atoms with Gasteiger partial charge in [-0.3, -0.25) is 0 Å². The first-order valence-electron chi connectivity index (χ1n) is 23.4. The van der Waals surface area contributed by atoms with E-state index in [1.165, 1.54) is 124 Å². The first kappa shape index (κ1) is 39.9. The number of hydrogen-bond acceptors (Lipinski definition) is 3. The fraction of sp³-hybridized carbons (Fsp3) is 0.180. The monoisotopic (exact) mass is 886 g/mol. The lowest BCUT2D eigenvalue weighted by molar-refractivity contribution is 0.590. The number of hydrogen-bond donors (Lipinski definition) is 1. The highest BCUT2D eigenvalue weighted by Gasteiger charge is 2.37. The second-order valence-corrected chi connectivity index (χ2v) is 23.7. The van der Waals surface area contributed by atoms with Crippen LogP contribution in [0, 0.1) is 0 Å². The van der Waals surface area contributed by atoms with E-state index in [1.807, 2.05) is 22.7 Å². The molecule has 0 atom stereocenters. The molecule has 0 amide bonds. The minimum absolute atomic E-state index is 0.0508. The fourth-order valence-corrected chi connectivity index (χ4v) is 13.5. The van der Waals surface area contributed by atoms with Crippen molar-refractivity contribution in [3.63, 3.8) is 0 Å². The maximum absolute atomic E-state index is 3.99. The van der Waals surface area contributed by atoms with Gasteiger partial charge in [0.15, 0.2) is 7.28 Å². The van der Waals surface area contributed by atoms with Crippen molar-refractivity contribution in [1.29, 1.82) is 0 Å². The van der Waals surface area contributed by atoms with Crippen molar-refractivity contribution in [3.8, 4) is 38.4 Å². The van der Waals surface area contributed by atoms with E-state index in [9.17, 15) is 0 Å². The summed E-state index contributed by atoms with van der Waals surface area (Å²) in [5.74, 6) is 0. The Labute approximate surface area is 395 Å². The van der Waals surface area contributed by atoms with E-state index in [1.54, 1.807) is 0 Å². The topological polar surface area (TPSA) is 17.0 Å². The number of rotatable bonds is 4. The third-order valence-electron chi connectivity index (χ3n) is 14.9. The van der Waals surface area contributed by atoms with Gasteiger partial charge in [0.2, 0.25) is 0 Å². The number of fused-ring (bicyclic) bond motifs is 12. The van der Waals surface area contributed by atoms with E-state index in [-0.39, 0.29) is 16.2 Å². The molecule has 5 heteroatoms. The lowest BCUT2D eigenvalue weighted by Crippen LogP contribution is -2.37. The summed E-state index contributed by atoms with van der Waals surface area (Å²) in [6, 6.07) is 58.4. The van der Waals surface area contributed by atoms with Crippen LogP contribution in [-0.4, -0.2) is 11.8 Å². The average molecular weight is 887 g/mol. The highest BCUT2D eigenvalue weighted by molar-refractivity contribution is 7.25. The summed E-state index contributed by atoms with van der Waals surface area (Å²) in [6.45, 7) is 18.6. The number of nitrogens with zero attached hydrogens (tertiary/aromatic N) is 1. The van der Waals surface area contributed by atoms with Gasteiger partial charge >= 0.3 is 0 Å². The molecule has 1 N–H and O–H groups in total. The maximum atomic E-state index is 3.99. The lowest BCUT2D eigenvalue weighted by atomic mass is 9.59. The van der Waals surface area contributed by atoms with Crippen LogP contribution in [0.1, 0.15) is 77.6 Å². The Morgan fingerprint density at radius 2 is 1.27 bits per heavy atom. The van der Waals surface area contributed by atoms with Crippen LogP contribution in [0.25, 0.3) is 90.4 Å². The Hall–Kier alpha value is -6.40. The predicted molar refractivity (Wildman–Crippen MR) is 291 cm³/mol. The number of nitrogens with one attached hydrogen (secondary N) is 1. The van der Waals surface area contributed by atoms with Crippen molar-refractivity contribution >= 4 is 104 Å². The number of aromatic nitrogens is 1. The third-order valence-corrected chi connectivity index (χ3v) is 17.2. The molecule has 1 aliphatic heterocycles. The average Bonchev–Trinajstić information content (AvgIpc) is 4.03. The minimum Gasteiger partial charge on any atom is -0.355 e. The molecule has 0 radical (unpaired) electrons. The second kappa shape index (κ2) is 13.8. The second-order valence-electron chi connectivity index (χ2n) is 21.5. The fourth-order valence-electron chi connectivity index (χ4n) is 11.3. The van der Waals surface area contributed by atoms with Crippen molar-refractivity contribution in [2.75, 3.05) is 5.32 Å². The van der Waals surface area contributed by atoms with Crippen molar-refractivity contribution in [2.45, 2.75) is 71.6 Å². The summed E-state index contributed by atoms with van der Waals surface area (Å²) in [6.07, 6.45) is 0. The summed E-state index contributed by atoms with van der Waals surface area (Å²) in [4.78, 5) is 1.31. The molecule has 2 aliphatic rings. The van der Waals surface area contributed by atoms with Gasteiger partial charge in [0.25, 0.3) is 0 Å². The molecule has 13 rings (SSSR count). The van der Waals surface area contributed by atoms with Crippen molar-refractivity contribution < 1.29 is 0 Å². The molecule has 0 spiro atoms. The van der Waals surface area contributed by atoms with Crippen LogP contribution in [-0.2, 0) is 16.2 Å². The van der Waals surface area contributed by atoms with Gasteiger partial charge in [-0.1, -0.05) is 152 Å². The minimum atomic E-state index is -0.0937. The van der Waals surface area contributed by atoms with Gasteiger partial charge in [0.05, 0.1) is 5.52 Å². The highest BCUT2D eigenvalue weighted by atomic mass is 32.1. The zero-order valence-corrected chi connectivity index (χ0v) is 40.5. The normalized spacial score (nSPS) is 14.0. The molecule has 3 aromatic heterocycles. The smallest absolute Gasteiger partial charge is 0.198 e. The van der Waals surface area contributed by atoms with E-state index >= 15 is 0 Å². The van der Waals surface area contributed by atoms with Gasteiger partial charge in [-0.15, -0.1) is 22.7 Å². The Kier molecular flexibility index (Phi) is 8.36. The van der Waals surface area contributed by atoms with Gasteiger partial charge in [-0.25, -0.2) is 0 Å². The lowest BCUT2D eigenvalue weighted by Gasteiger charge is -2.24. The zero-order chi connectivity index (χ0) is 45.0. The van der Waals surface area contributed by atoms with Gasteiger partial charge in [-0.2, -0.15) is 0 Å². The van der Waals surface area contributed by atoms with Gasteiger partial charge in [0, 0.05) is 74.1 Å². The van der Waals surface area contributed by atoms with Crippen LogP contribution < -0.4 is 16.2 Å². The van der Waals surface area contributed by atoms with Crippen molar-refractivity contribution in [1.82, 2.24) is 4.57 Å². The SMILES string of the molecule is CC(C)(C)c1ccc(Nc2cc3sc4ccc(C(C)(C)C)cc4c3cc2-c2ccc3c4cc5c(cc4n4c3c2Bc2cc3cc(-c6ccccc6)sc3cc2-4)-c2ccccc2C5(C)C)cc1. The number of thiophene rings is 2. The van der Waals surface area contributed by atoms with Crippen LogP contribution >= 0.6 is 22.7 Å². The molecule has 0 bridgehead atoms. The van der Waals surface area contributed by atoms with Crippen LogP contribution in [0.4, 0.5) is 11.4 Å². The summed E-state index contributed by atoms with van der Waals surface area (Å²) in [7, 11) is 0.842. The quantitative estimate of drug-likeness (QED) is 0.174. The van der Waals surface area contributed by atoms with E-state index in [0.29, 0.717) is 0 Å². The molecule has 1 aliphatic carbocycles. The first-order chi connectivity index (χ1) is 31.7. The zero-order valence-electron chi connectivity index (χ0n) is 38.9. The molecule has 0 saturated heterocycles. The predicted octanol–water partition coefficient (Wildman–Crippen LogP) is 16.0. The van der Waals surface area contributed by atoms with E-state index in [0.717, 1.165) is 18.7 Å². The van der Waals surface area contributed by atoms with Crippen LogP contribution in [0.3, 0.4) is 0 Å². The van der Waals surface area contributed by atoms with Gasteiger partial charge in [-0.05, 0) is 127 Å². The van der Waals surface area contributed by atoms with E-state index in [4.69, 9.17) is 0 Å². The molecular formula is C61H51BN2S2. The molecule has 11 aromatic rings. The molecule has 4 heterocycles. The van der Waals surface area contributed by atoms with Crippen molar-refractivity contribution in [3.05, 3.63) is 174 Å². The highest BCUT2D eigenvalue weighted by Crippen LogP contribution is 2.52. The number of benzene rings is 8. The maximum Gasteiger partial charge on any atom is 0.198 e. The summed E-state index contributed by atoms with van der Waals surface area (Å²) >= 11 is 3.80. The Balaban J connectivity index is 1.09. The Morgan fingerprint density at radius 1 is 0.530 bits per heavy atom.